The molecule has 2 N–H and O–H groups in total. The second-order valence-corrected chi connectivity index (χ2v) is 12.0. The van der Waals surface area contributed by atoms with Gasteiger partial charge in [0.15, 0.2) is 0 Å². The third-order valence-corrected chi connectivity index (χ3v) is 9.56. The zero-order valence-electron chi connectivity index (χ0n) is 21.2. The van der Waals surface area contributed by atoms with Crippen LogP contribution in [0, 0.1) is 0 Å². The lowest BCUT2D eigenvalue weighted by Gasteiger charge is -2.32. The average molecular weight is 523 g/mol. The Kier molecular flexibility index (Phi) is 7.46. The van der Waals surface area contributed by atoms with Gasteiger partial charge in [0, 0.05) is 55.7 Å². The summed E-state index contributed by atoms with van der Waals surface area (Å²) in [5.41, 5.74) is 3.00. The molecule has 0 unspecified atom stereocenters. The van der Waals surface area contributed by atoms with Crippen molar-refractivity contribution < 1.29 is 13.2 Å². The first-order valence-electron chi connectivity index (χ1n) is 13.1. The molecule has 1 fully saturated rings. The summed E-state index contributed by atoms with van der Waals surface area (Å²) in [5.74, 6) is -0.374. The van der Waals surface area contributed by atoms with Crippen molar-refractivity contribution in [2.45, 2.75) is 56.5 Å². The lowest BCUT2D eigenvalue weighted by Crippen LogP contribution is -2.41. The first-order chi connectivity index (χ1) is 17.8. The van der Waals surface area contributed by atoms with Gasteiger partial charge in [-0.3, -0.25) is 14.5 Å². The molecule has 0 bridgehead atoms. The molecule has 8 nitrogen and oxygen atoms in total. The Morgan fingerprint density at radius 1 is 1.08 bits per heavy atom. The monoisotopic (exact) mass is 522 g/mol. The van der Waals surface area contributed by atoms with E-state index in [-0.39, 0.29) is 22.4 Å². The van der Waals surface area contributed by atoms with Crippen molar-refractivity contribution in [2.75, 3.05) is 26.2 Å². The Morgan fingerprint density at radius 2 is 1.89 bits per heavy atom. The van der Waals surface area contributed by atoms with E-state index in [9.17, 15) is 18.0 Å². The van der Waals surface area contributed by atoms with Gasteiger partial charge in [-0.1, -0.05) is 30.7 Å². The summed E-state index contributed by atoms with van der Waals surface area (Å²) in [6.45, 7) is 5.65. The number of hydrogen-bond acceptors (Lipinski definition) is 5. The fourth-order valence-electron chi connectivity index (χ4n) is 5.49. The van der Waals surface area contributed by atoms with Crippen LogP contribution in [0.3, 0.4) is 0 Å². The second kappa shape index (κ2) is 10.8. The first kappa shape index (κ1) is 25.6. The zero-order chi connectivity index (χ0) is 26.0. The number of amides is 1. The lowest BCUT2D eigenvalue weighted by molar-refractivity contribution is 0.0952. The number of hydrogen-bond donors (Lipinski definition) is 2. The topological polar surface area (TPSA) is 103 Å². The molecule has 1 atom stereocenters. The maximum atomic E-state index is 13.4. The number of H-pyrrole nitrogens is 1. The third kappa shape index (κ3) is 5.49. The van der Waals surface area contributed by atoms with Crippen molar-refractivity contribution in [1.29, 1.82) is 0 Å². The minimum atomic E-state index is -3.71. The van der Waals surface area contributed by atoms with E-state index in [4.69, 9.17) is 0 Å². The number of piperidine rings is 1. The van der Waals surface area contributed by atoms with Crippen LogP contribution in [0.25, 0.3) is 10.9 Å². The molecule has 0 saturated carbocycles. The van der Waals surface area contributed by atoms with E-state index in [1.165, 1.54) is 29.3 Å². The summed E-state index contributed by atoms with van der Waals surface area (Å²) in [5, 5.41) is 3.35. The normalized spacial score (nSPS) is 19.0. The second-order valence-electron chi connectivity index (χ2n) is 10.1. The number of pyridine rings is 1. The van der Waals surface area contributed by atoms with Crippen LogP contribution in [0.5, 0.6) is 0 Å². The van der Waals surface area contributed by atoms with Crippen LogP contribution in [0.15, 0.2) is 58.2 Å². The van der Waals surface area contributed by atoms with Crippen molar-refractivity contribution in [2.24, 2.45) is 0 Å². The van der Waals surface area contributed by atoms with Gasteiger partial charge in [-0.05, 0) is 61.9 Å². The largest absolute Gasteiger partial charge is 0.352 e. The molecule has 0 spiro atoms. The number of carbonyl (C=O) groups excluding carboxylic acids is 1. The summed E-state index contributed by atoms with van der Waals surface area (Å²) in [6, 6.07) is 14.3. The summed E-state index contributed by atoms with van der Waals surface area (Å²) in [6.07, 6.45) is 4.49. The van der Waals surface area contributed by atoms with Gasteiger partial charge < -0.3 is 10.3 Å². The van der Waals surface area contributed by atoms with Gasteiger partial charge in [0.05, 0.1) is 10.5 Å². The molecule has 1 aromatic heterocycles. The maximum absolute atomic E-state index is 13.4. The van der Waals surface area contributed by atoms with Crippen LogP contribution >= 0.6 is 0 Å². The van der Waals surface area contributed by atoms with E-state index >= 15 is 0 Å². The Balaban J connectivity index is 1.28. The number of benzene rings is 2. The summed E-state index contributed by atoms with van der Waals surface area (Å²) in [7, 11) is -3.71. The highest BCUT2D eigenvalue weighted by Gasteiger charge is 2.31. The molecule has 0 radical (unpaired) electrons. The molecular weight excluding hydrogens is 488 g/mol. The third-order valence-electron chi connectivity index (χ3n) is 7.55. The van der Waals surface area contributed by atoms with E-state index in [1.807, 2.05) is 6.92 Å². The molecular formula is C28H34N4O4S. The van der Waals surface area contributed by atoms with Crippen LogP contribution in [0.4, 0.5) is 0 Å². The van der Waals surface area contributed by atoms with E-state index in [2.05, 4.69) is 39.5 Å². The molecule has 1 saturated heterocycles. The van der Waals surface area contributed by atoms with E-state index in [0.717, 1.165) is 51.7 Å². The molecule has 2 aliphatic rings. The molecule has 2 aliphatic heterocycles. The highest BCUT2D eigenvalue weighted by molar-refractivity contribution is 7.89. The maximum Gasteiger partial charge on any atom is 0.252 e. The van der Waals surface area contributed by atoms with E-state index in [0.29, 0.717) is 24.0 Å². The van der Waals surface area contributed by atoms with Gasteiger partial charge in [-0.15, -0.1) is 0 Å². The number of rotatable bonds is 7. The van der Waals surface area contributed by atoms with Gasteiger partial charge in [0.2, 0.25) is 15.6 Å². The smallest absolute Gasteiger partial charge is 0.252 e. The molecule has 3 heterocycles. The van der Waals surface area contributed by atoms with Gasteiger partial charge in [-0.2, -0.15) is 4.31 Å². The highest BCUT2D eigenvalue weighted by Crippen LogP contribution is 2.27. The fraction of sp³-hybridized carbons (Fsp3) is 0.429. The van der Waals surface area contributed by atoms with Gasteiger partial charge in [0.1, 0.15) is 0 Å². The van der Waals surface area contributed by atoms with Crippen molar-refractivity contribution >= 4 is 26.8 Å². The number of fused-ring (bicyclic) bond motifs is 2. The zero-order valence-corrected chi connectivity index (χ0v) is 22.0. The van der Waals surface area contributed by atoms with Crippen molar-refractivity contribution in [3.8, 4) is 0 Å². The highest BCUT2D eigenvalue weighted by atomic mass is 32.2. The SMILES string of the molecule is C[C@H]1CCCCN1S(=O)(=O)c1ccc2[nH]c(=O)cc(C(=O)NCCCN3CCc4ccccc4C3)c2c1. The molecule has 0 aliphatic carbocycles. The quantitative estimate of drug-likeness (QED) is 0.464. The number of aromatic amines is 1. The molecule has 196 valence electrons. The van der Waals surface area contributed by atoms with E-state index < -0.39 is 15.6 Å². The van der Waals surface area contributed by atoms with Gasteiger partial charge >= 0.3 is 0 Å². The van der Waals surface area contributed by atoms with Crippen molar-refractivity contribution in [3.05, 3.63) is 75.6 Å². The standard InChI is InChI=1S/C28H34N4O4S/c1-20-7-4-5-15-32(20)37(35,36)23-10-11-26-24(17-23)25(18-27(33)30-26)28(34)29-13-6-14-31-16-12-21-8-2-3-9-22(21)19-31/h2-3,8-11,17-18,20H,4-7,12-16,19H2,1H3,(H,29,34)(H,30,33)/t20-/m0/s1. The molecule has 3 aromatic rings. The minimum Gasteiger partial charge on any atom is -0.352 e. The number of nitrogens with zero attached hydrogens (tertiary/aromatic N) is 2. The van der Waals surface area contributed by atoms with Crippen LogP contribution < -0.4 is 10.9 Å². The lowest BCUT2D eigenvalue weighted by atomic mass is 10.00. The predicted molar refractivity (Wildman–Crippen MR) is 144 cm³/mol. The summed E-state index contributed by atoms with van der Waals surface area (Å²) >= 11 is 0. The Hall–Kier alpha value is -3.01. The fourth-order valence-corrected chi connectivity index (χ4v) is 7.22. The van der Waals surface area contributed by atoms with Gasteiger partial charge in [-0.25, -0.2) is 8.42 Å². The Labute approximate surface area is 217 Å². The minimum absolute atomic E-state index is 0.0684. The van der Waals surface area contributed by atoms with Crippen molar-refractivity contribution in [1.82, 2.24) is 19.5 Å². The molecule has 2 aromatic carbocycles. The van der Waals surface area contributed by atoms with Crippen molar-refractivity contribution in [3.63, 3.8) is 0 Å². The van der Waals surface area contributed by atoms with Crippen LogP contribution in [-0.4, -0.2) is 60.7 Å². The first-order valence-corrected chi connectivity index (χ1v) is 14.5. The average Bonchev–Trinajstić information content (AvgIpc) is 2.90. The summed E-state index contributed by atoms with van der Waals surface area (Å²) < 4.78 is 28.3. The van der Waals surface area contributed by atoms with E-state index in [1.54, 1.807) is 10.4 Å². The van der Waals surface area contributed by atoms with Crippen LogP contribution in [0.1, 0.15) is 54.1 Å². The number of nitrogens with one attached hydrogen (secondary N) is 2. The predicted octanol–water partition coefficient (Wildman–Crippen LogP) is 3.27. The molecule has 1 amide bonds. The Bertz CT molecular complexity index is 1470. The van der Waals surface area contributed by atoms with Gasteiger partial charge in [0.25, 0.3) is 5.91 Å². The van der Waals surface area contributed by atoms with Crippen LogP contribution in [-0.2, 0) is 23.0 Å². The molecule has 9 heteroatoms. The number of carbonyl (C=O) groups is 1. The van der Waals surface area contributed by atoms with Crippen LogP contribution in [0.2, 0.25) is 0 Å². The number of sulfonamides is 1. The summed E-state index contributed by atoms with van der Waals surface area (Å²) in [4.78, 5) is 30.6. The Morgan fingerprint density at radius 3 is 2.70 bits per heavy atom. The molecule has 5 rings (SSSR count). The molecule has 37 heavy (non-hydrogen) atoms. The number of aromatic nitrogens is 1.